The Morgan fingerprint density at radius 1 is 1.19 bits per heavy atom. The van der Waals surface area contributed by atoms with Crippen molar-refractivity contribution in [2.75, 3.05) is 12.8 Å². The number of para-hydroxylation sites is 1. The van der Waals surface area contributed by atoms with E-state index in [0.29, 0.717) is 11.4 Å². The molecule has 0 aliphatic rings. The van der Waals surface area contributed by atoms with Crippen molar-refractivity contribution >= 4 is 26.6 Å². The maximum atomic E-state index is 11.9. The SMILES string of the molecule is CNS(=O)(=O)c1ccc(N)c(-n2ncc3ccccc32)c1. The quantitative estimate of drug-likeness (QED) is 0.718. The zero-order valence-corrected chi connectivity index (χ0v) is 12.1. The van der Waals surface area contributed by atoms with Crippen LogP contribution < -0.4 is 10.5 Å². The fourth-order valence-electron chi connectivity index (χ4n) is 2.16. The zero-order chi connectivity index (χ0) is 15.0. The molecule has 2 aromatic carbocycles. The van der Waals surface area contributed by atoms with Gasteiger partial charge in [-0.3, -0.25) is 0 Å². The summed E-state index contributed by atoms with van der Waals surface area (Å²) in [7, 11) is -2.16. The normalized spacial score (nSPS) is 11.9. The van der Waals surface area contributed by atoms with Crippen LogP contribution in [-0.2, 0) is 10.0 Å². The van der Waals surface area contributed by atoms with Crippen LogP contribution in [0.25, 0.3) is 16.6 Å². The lowest BCUT2D eigenvalue weighted by Gasteiger charge is -2.10. The Bertz CT molecular complexity index is 916. The monoisotopic (exact) mass is 302 g/mol. The molecule has 7 heteroatoms. The number of hydrogen-bond donors (Lipinski definition) is 2. The lowest BCUT2D eigenvalue weighted by molar-refractivity contribution is 0.588. The fraction of sp³-hybridized carbons (Fsp3) is 0.0714. The van der Waals surface area contributed by atoms with Crippen molar-refractivity contribution in [1.29, 1.82) is 0 Å². The van der Waals surface area contributed by atoms with Crippen LogP contribution >= 0.6 is 0 Å². The van der Waals surface area contributed by atoms with Crippen LogP contribution in [0.5, 0.6) is 0 Å². The third-order valence-electron chi connectivity index (χ3n) is 3.29. The summed E-state index contributed by atoms with van der Waals surface area (Å²) in [6.07, 6.45) is 1.72. The van der Waals surface area contributed by atoms with Gasteiger partial charge in [-0.05, 0) is 31.3 Å². The van der Waals surface area contributed by atoms with Crippen LogP contribution in [0.3, 0.4) is 0 Å². The number of aromatic nitrogens is 2. The number of benzene rings is 2. The van der Waals surface area contributed by atoms with E-state index in [2.05, 4.69) is 9.82 Å². The standard InChI is InChI=1S/C14H14N4O2S/c1-16-21(19,20)11-6-7-12(15)14(8-11)18-13-5-3-2-4-10(13)9-17-18/h2-9,16H,15H2,1H3. The molecule has 3 rings (SSSR count). The van der Waals surface area contributed by atoms with E-state index in [1.165, 1.54) is 19.2 Å². The highest BCUT2D eigenvalue weighted by Gasteiger charge is 2.15. The third kappa shape index (κ3) is 2.26. The van der Waals surface area contributed by atoms with Crippen molar-refractivity contribution in [2.45, 2.75) is 4.90 Å². The van der Waals surface area contributed by atoms with Crippen molar-refractivity contribution < 1.29 is 8.42 Å². The van der Waals surface area contributed by atoms with E-state index in [0.717, 1.165) is 10.9 Å². The molecule has 3 aromatic rings. The van der Waals surface area contributed by atoms with E-state index in [1.807, 2.05) is 24.3 Å². The van der Waals surface area contributed by atoms with E-state index in [-0.39, 0.29) is 4.90 Å². The number of rotatable bonds is 3. The van der Waals surface area contributed by atoms with Crippen LogP contribution in [-0.4, -0.2) is 25.2 Å². The van der Waals surface area contributed by atoms with Crippen LogP contribution in [0.4, 0.5) is 5.69 Å². The average molecular weight is 302 g/mol. The minimum atomic E-state index is -3.53. The summed E-state index contributed by atoms with van der Waals surface area (Å²) in [5.74, 6) is 0. The number of fused-ring (bicyclic) bond motifs is 1. The number of sulfonamides is 1. The van der Waals surface area contributed by atoms with E-state index in [4.69, 9.17) is 5.73 Å². The Balaban J connectivity index is 2.25. The predicted molar refractivity (Wildman–Crippen MR) is 81.7 cm³/mol. The Hall–Kier alpha value is -2.38. The van der Waals surface area contributed by atoms with Crippen LogP contribution in [0.2, 0.25) is 0 Å². The van der Waals surface area contributed by atoms with Crippen LogP contribution in [0, 0.1) is 0 Å². The van der Waals surface area contributed by atoms with Crippen molar-refractivity contribution in [1.82, 2.24) is 14.5 Å². The molecule has 0 atom stereocenters. The van der Waals surface area contributed by atoms with Crippen LogP contribution in [0.1, 0.15) is 0 Å². The second-order valence-corrected chi connectivity index (χ2v) is 6.43. The summed E-state index contributed by atoms with van der Waals surface area (Å²) in [6, 6.07) is 12.2. The largest absolute Gasteiger partial charge is 0.397 e. The molecule has 1 aromatic heterocycles. The van der Waals surface area contributed by atoms with Gasteiger partial charge < -0.3 is 5.73 Å². The molecule has 108 valence electrons. The minimum Gasteiger partial charge on any atom is -0.397 e. The first-order valence-electron chi connectivity index (χ1n) is 6.29. The number of nitrogens with two attached hydrogens (primary N) is 1. The van der Waals surface area contributed by atoms with Gasteiger partial charge in [0.25, 0.3) is 0 Å². The van der Waals surface area contributed by atoms with Gasteiger partial charge in [0, 0.05) is 5.39 Å². The number of anilines is 1. The molecule has 0 saturated heterocycles. The Labute approximate surface area is 122 Å². The molecular formula is C14H14N4O2S. The molecule has 1 heterocycles. The summed E-state index contributed by atoms with van der Waals surface area (Å²) >= 11 is 0. The van der Waals surface area contributed by atoms with Gasteiger partial charge in [-0.1, -0.05) is 18.2 Å². The highest BCUT2D eigenvalue weighted by atomic mass is 32.2. The minimum absolute atomic E-state index is 0.147. The smallest absolute Gasteiger partial charge is 0.240 e. The van der Waals surface area contributed by atoms with E-state index >= 15 is 0 Å². The molecule has 0 amide bonds. The van der Waals surface area contributed by atoms with Gasteiger partial charge in [-0.15, -0.1) is 0 Å². The molecule has 0 unspecified atom stereocenters. The Morgan fingerprint density at radius 3 is 2.71 bits per heavy atom. The van der Waals surface area contributed by atoms with Gasteiger partial charge in [-0.2, -0.15) is 5.10 Å². The molecule has 0 spiro atoms. The Kier molecular flexibility index (Phi) is 3.15. The third-order valence-corrected chi connectivity index (χ3v) is 4.70. The summed E-state index contributed by atoms with van der Waals surface area (Å²) in [6.45, 7) is 0. The first-order chi connectivity index (χ1) is 10.0. The van der Waals surface area contributed by atoms with Crippen molar-refractivity contribution in [3.05, 3.63) is 48.7 Å². The number of hydrogen-bond acceptors (Lipinski definition) is 4. The summed E-state index contributed by atoms with van der Waals surface area (Å²) < 4.78 is 27.8. The van der Waals surface area contributed by atoms with Gasteiger partial charge in [0.15, 0.2) is 0 Å². The maximum Gasteiger partial charge on any atom is 0.240 e. The maximum absolute atomic E-state index is 11.9. The van der Waals surface area contributed by atoms with Crippen molar-refractivity contribution in [3.63, 3.8) is 0 Å². The second kappa shape index (κ2) is 4.87. The van der Waals surface area contributed by atoms with Gasteiger partial charge >= 0.3 is 0 Å². The highest BCUT2D eigenvalue weighted by Crippen LogP contribution is 2.25. The molecule has 6 nitrogen and oxygen atoms in total. The molecule has 0 fully saturated rings. The summed E-state index contributed by atoms with van der Waals surface area (Å²) in [4.78, 5) is 0.147. The first kappa shape index (κ1) is 13.6. The average Bonchev–Trinajstić information content (AvgIpc) is 2.91. The van der Waals surface area contributed by atoms with Gasteiger partial charge in [0.05, 0.1) is 28.0 Å². The summed E-state index contributed by atoms with van der Waals surface area (Å²) in [5.41, 5.74) is 7.84. The first-order valence-corrected chi connectivity index (χ1v) is 7.77. The van der Waals surface area contributed by atoms with E-state index in [1.54, 1.807) is 16.9 Å². The van der Waals surface area contributed by atoms with Gasteiger partial charge in [-0.25, -0.2) is 17.8 Å². The lowest BCUT2D eigenvalue weighted by atomic mass is 10.2. The molecule has 3 N–H and O–H groups in total. The molecule has 0 aliphatic heterocycles. The van der Waals surface area contributed by atoms with Crippen LogP contribution in [0.15, 0.2) is 53.6 Å². The molecule has 0 aliphatic carbocycles. The number of nitrogens with zero attached hydrogens (tertiary/aromatic N) is 2. The Morgan fingerprint density at radius 2 is 1.95 bits per heavy atom. The molecule has 0 bridgehead atoms. The number of nitrogen functional groups attached to an aromatic ring is 1. The second-order valence-electron chi connectivity index (χ2n) is 4.54. The van der Waals surface area contributed by atoms with E-state index in [9.17, 15) is 8.42 Å². The van der Waals surface area contributed by atoms with Crippen molar-refractivity contribution in [3.8, 4) is 5.69 Å². The molecular weight excluding hydrogens is 288 g/mol. The fourth-order valence-corrected chi connectivity index (χ4v) is 2.91. The summed E-state index contributed by atoms with van der Waals surface area (Å²) in [5, 5.41) is 5.25. The zero-order valence-electron chi connectivity index (χ0n) is 11.3. The molecule has 0 radical (unpaired) electrons. The predicted octanol–water partition coefficient (Wildman–Crippen LogP) is 1.52. The van der Waals surface area contributed by atoms with Crippen molar-refractivity contribution in [2.24, 2.45) is 0 Å². The number of nitrogens with one attached hydrogen (secondary N) is 1. The lowest BCUT2D eigenvalue weighted by Crippen LogP contribution is -2.19. The topological polar surface area (TPSA) is 90.0 Å². The highest BCUT2D eigenvalue weighted by molar-refractivity contribution is 7.89. The van der Waals surface area contributed by atoms with Gasteiger partial charge in [0.2, 0.25) is 10.0 Å². The van der Waals surface area contributed by atoms with Gasteiger partial charge in [0.1, 0.15) is 0 Å². The van der Waals surface area contributed by atoms with E-state index < -0.39 is 10.0 Å². The molecule has 0 saturated carbocycles. The molecule has 21 heavy (non-hydrogen) atoms.